The Morgan fingerprint density at radius 2 is 1.91 bits per heavy atom. The fourth-order valence-electron chi connectivity index (χ4n) is 3.12. The first-order valence-electron chi connectivity index (χ1n) is 10.4. The van der Waals surface area contributed by atoms with Crippen molar-refractivity contribution in [3.8, 4) is 11.5 Å². The average molecular weight is 480 g/mol. The number of nitro benzene ring substituents is 1. The molecule has 0 spiro atoms. The molecule has 1 amide bonds. The van der Waals surface area contributed by atoms with Gasteiger partial charge in [-0.3, -0.25) is 19.2 Å². The Morgan fingerprint density at radius 1 is 1.18 bits per heavy atom. The molecule has 0 unspecified atom stereocenters. The van der Waals surface area contributed by atoms with Crippen LogP contribution in [0.3, 0.4) is 0 Å². The lowest BCUT2D eigenvalue weighted by Crippen LogP contribution is -2.40. The van der Waals surface area contributed by atoms with Crippen molar-refractivity contribution in [1.29, 1.82) is 0 Å². The van der Waals surface area contributed by atoms with E-state index >= 15 is 0 Å². The van der Waals surface area contributed by atoms with Crippen molar-refractivity contribution in [3.05, 3.63) is 58.1 Å². The van der Waals surface area contributed by atoms with Crippen LogP contribution in [0.2, 0.25) is 0 Å². The number of rotatable bonds is 13. The van der Waals surface area contributed by atoms with E-state index < -0.39 is 27.4 Å². The molecule has 0 heterocycles. The van der Waals surface area contributed by atoms with E-state index in [0.717, 1.165) is 34.4 Å². The van der Waals surface area contributed by atoms with E-state index in [2.05, 4.69) is 5.32 Å². The van der Waals surface area contributed by atoms with Gasteiger partial charge in [0.15, 0.2) is 0 Å². The molecule has 2 aromatic carbocycles. The number of ether oxygens (including phenoxy) is 2. The fourth-order valence-corrected chi connectivity index (χ4v) is 3.98. The average Bonchev–Trinajstić information content (AvgIpc) is 2.78. The molecule has 0 saturated carbocycles. The van der Waals surface area contributed by atoms with E-state index in [1.54, 1.807) is 0 Å². The number of para-hydroxylation sites is 1. The maximum atomic E-state index is 12.5. The Morgan fingerprint density at radius 3 is 2.55 bits per heavy atom. The van der Waals surface area contributed by atoms with E-state index in [9.17, 15) is 23.3 Å². The zero-order chi connectivity index (χ0) is 24.4. The SMILES string of the molecule is CCCOc1ccccc1CCCNC(=O)CN(c1cc([N+](=O)[O-])ccc1OC)S(C)(=O)=O. The highest BCUT2D eigenvalue weighted by atomic mass is 32.2. The zero-order valence-corrected chi connectivity index (χ0v) is 19.8. The van der Waals surface area contributed by atoms with Crippen LogP contribution in [0.5, 0.6) is 11.5 Å². The number of sulfonamides is 1. The monoisotopic (exact) mass is 479 g/mol. The molecule has 0 aliphatic carbocycles. The Balaban J connectivity index is 2.04. The molecule has 2 aromatic rings. The number of amides is 1. The van der Waals surface area contributed by atoms with Gasteiger partial charge in [0.25, 0.3) is 5.69 Å². The van der Waals surface area contributed by atoms with E-state index in [-0.39, 0.29) is 17.1 Å². The molecule has 33 heavy (non-hydrogen) atoms. The Hall–Kier alpha value is -3.34. The van der Waals surface area contributed by atoms with Gasteiger partial charge in [-0.2, -0.15) is 0 Å². The molecule has 0 aliphatic rings. The number of anilines is 1. The van der Waals surface area contributed by atoms with Crippen LogP contribution in [-0.4, -0.2) is 52.3 Å². The van der Waals surface area contributed by atoms with Gasteiger partial charge >= 0.3 is 0 Å². The minimum atomic E-state index is -3.92. The number of nitrogens with zero attached hydrogens (tertiary/aromatic N) is 2. The number of hydrogen-bond donors (Lipinski definition) is 1. The molecule has 0 radical (unpaired) electrons. The molecular weight excluding hydrogens is 450 g/mol. The quantitative estimate of drug-likeness (QED) is 0.266. The summed E-state index contributed by atoms with van der Waals surface area (Å²) in [6.45, 7) is 2.44. The van der Waals surface area contributed by atoms with E-state index in [1.165, 1.54) is 19.2 Å². The van der Waals surface area contributed by atoms with E-state index in [4.69, 9.17) is 9.47 Å². The van der Waals surface area contributed by atoms with Crippen molar-refractivity contribution < 1.29 is 27.6 Å². The van der Waals surface area contributed by atoms with Crippen LogP contribution in [0.1, 0.15) is 25.3 Å². The molecule has 0 saturated heterocycles. The summed E-state index contributed by atoms with van der Waals surface area (Å²) < 4.78 is 36.4. The van der Waals surface area contributed by atoms with Gasteiger partial charge in [-0.15, -0.1) is 0 Å². The maximum Gasteiger partial charge on any atom is 0.271 e. The van der Waals surface area contributed by atoms with Gasteiger partial charge in [0, 0.05) is 18.7 Å². The highest BCUT2D eigenvalue weighted by Crippen LogP contribution is 2.33. The minimum Gasteiger partial charge on any atom is -0.495 e. The molecule has 10 nitrogen and oxygen atoms in total. The molecule has 0 atom stereocenters. The third-order valence-electron chi connectivity index (χ3n) is 4.71. The van der Waals surface area contributed by atoms with Crippen LogP contribution in [0.4, 0.5) is 11.4 Å². The third kappa shape index (κ3) is 7.63. The molecule has 0 aliphatic heterocycles. The van der Waals surface area contributed by atoms with Gasteiger partial charge in [0.05, 0.1) is 24.9 Å². The predicted octanol–water partition coefficient (Wildman–Crippen LogP) is 2.91. The third-order valence-corrected chi connectivity index (χ3v) is 5.84. The Kier molecular flexibility index (Phi) is 9.46. The number of benzene rings is 2. The Labute approximate surface area is 193 Å². The van der Waals surface area contributed by atoms with Gasteiger partial charge < -0.3 is 14.8 Å². The summed E-state index contributed by atoms with van der Waals surface area (Å²) in [7, 11) is -2.61. The van der Waals surface area contributed by atoms with Crippen LogP contribution in [0.25, 0.3) is 0 Å². The summed E-state index contributed by atoms with van der Waals surface area (Å²) >= 11 is 0. The van der Waals surface area contributed by atoms with Crippen LogP contribution >= 0.6 is 0 Å². The van der Waals surface area contributed by atoms with Crippen LogP contribution < -0.4 is 19.1 Å². The molecule has 0 aromatic heterocycles. The summed E-state index contributed by atoms with van der Waals surface area (Å²) in [6.07, 6.45) is 3.12. The molecule has 2 rings (SSSR count). The summed E-state index contributed by atoms with van der Waals surface area (Å²) in [4.78, 5) is 23.0. The number of methoxy groups -OCH3 is 1. The van der Waals surface area contributed by atoms with Crippen molar-refractivity contribution in [3.63, 3.8) is 0 Å². The smallest absolute Gasteiger partial charge is 0.271 e. The number of nitro groups is 1. The van der Waals surface area contributed by atoms with Crippen molar-refractivity contribution in [2.75, 3.05) is 37.4 Å². The predicted molar refractivity (Wildman–Crippen MR) is 125 cm³/mol. The normalized spacial score (nSPS) is 11.0. The molecular formula is C22H29N3O7S. The lowest BCUT2D eigenvalue weighted by atomic mass is 10.1. The highest BCUT2D eigenvalue weighted by Gasteiger charge is 2.26. The topological polar surface area (TPSA) is 128 Å². The first kappa shape index (κ1) is 25.9. The van der Waals surface area contributed by atoms with E-state index in [1.807, 2.05) is 31.2 Å². The minimum absolute atomic E-state index is 0.0775. The second-order valence-electron chi connectivity index (χ2n) is 7.29. The first-order chi connectivity index (χ1) is 15.7. The number of carbonyl (C=O) groups excluding carboxylic acids is 1. The number of nitrogens with one attached hydrogen (secondary N) is 1. The summed E-state index contributed by atoms with van der Waals surface area (Å²) in [6, 6.07) is 11.3. The van der Waals surface area contributed by atoms with Crippen molar-refractivity contribution >= 4 is 27.3 Å². The van der Waals surface area contributed by atoms with Crippen molar-refractivity contribution in [1.82, 2.24) is 5.32 Å². The summed E-state index contributed by atoms with van der Waals surface area (Å²) in [5, 5.41) is 13.8. The first-order valence-corrected chi connectivity index (χ1v) is 12.3. The largest absolute Gasteiger partial charge is 0.495 e. The van der Waals surface area contributed by atoms with E-state index in [0.29, 0.717) is 26.0 Å². The van der Waals surface area contributed by atoms with Gasteiger partial charge in [0.2, 0.25) is 15.9 Å². The zero-order valence-electron chi connectivity index (χ0n) is 18.9. The van der Waals surface area contributed by atoms with Crippen LogP contribution in [0, 0.1) is 10.1 Å². The number of carbonyl (C=O) groups is 1. The van der Waals surface area contributed by atoms with Gasteiger partial charge in [-0.05, 0) is 37.0 Å². The van der Waals surface area contributed by atoms with Gasteiger partial charge in [0.1, 0.15) is 23.7 Å². The van der Waals surface area contributed by atoms with Crippen LogP contribution in [0.15, 0.2) is 42.5 Å². The lowest BCUT2D eigenvalue weighted by Gasteiger charge is -2.23. The molecule has 1 N–H and O–H groups in total. The highest BCUT2D eigenvalue weighted by molar-refractivity contribution is 7.92. The second-order valence-corrected chi connectivity index (χ2v) is 9.20. The number of non-ortho nitro benzene ring substituents is 1. The molecule has 11 heteroatoms. The van der Waals surface area contributed by atoms with Crippen LogP contribution in [-0.2, 0) is 21.2 Å². The number of hydrogen-bond acceptors (Lipinski definition) is 7. The maximum absolute atomic E-state index is 12.5. The Bertz CT molecular complexity index is 1070. The van der Waals surface area contributed by atoms with Crippen molar-refractivity contribution in [2.45, 2.75) is 26.2 Å². The van der Waals surface area contributed by atoms with Gasteiger partial charge in [-0.1, -0.05) is 25.1 Å². The van der Waals surface area contributed by atoms with Crippen molar-refractivity contribution in [2.24, 2.45) is 0 Å². The molecule has 0 bridgehead atoms. The van der Waals surface area contributed by atoms with Gasteiger partial charge in [-0.25, -0.2) is 8.42 Å². The molecule has 0 fully saturated rings. The number of aryl methyl sites for hydroxylation is 1. The summed E-state index contributed by atoms with van der Waals surface area (Å²) in [5.74, 6) is 0.374. The standard InChI is InChI=1S/C22H29N3O7S/c1-4-14-32-20-10-6-5-8-17(20)9-7-13-23-22(26)16-24(33(3,29)30)19-15-18(25(27)28)11-12-21(19)31-2/h5-6,8,10-12,15H,4,7,9,13-14,16H2,1-3H3,(H,23,26). The fraction of sp³-hybridized carbons (Fsp3) is 0.409. The second kappa shape index (κ2) is 12.0. The lowest BCUT2D eigenvalue weighted by molar-refractivity contribution is -0.384. The summed E-state index contributed by atoms with van der Waals surface area (Å²) in [5.41, 5.74) is 0.634. The molecule has 180 valence electrons.